The van der Waals surface area contributed by atoms with E-state index in [0.717, 1.165) is 21.8 Å². The van der Waals surface area contributed by atoms with Gasteiger partial charge in [0.2, 0.25) is 0 Å². The summed E-state index contributed by atoms with van der Waals surface area (Å²) in [6.07, 6.45) is -0.848. The predicted octanol–water partition coefficient (Wildman–Crippen LogP) is 4.73. The maximum atomic E-state index is 12.8. The zero-order chi connectivity index (χ0) is 13.9. The predicted molar refractivity (Wildman–Crippen MR) is 84.1 cm³/mol. The van der Waals surface area contributed by atoms with E-state index in [-0.39, 0.29) is 0 Å². The highest BCUT2D eigenvalue weighted by molar-refractivity contribution is 7.21. The van der Waals surface area contributed by atoms with Gasteiger partial charge in [-0.05, 0) is 43.3 Å². The molecule has 0 saturated heterocycles. The lowest BCUT2D eigenvalue weighted by atomic mass is 10.2. The van der Waals surface area contributed by atoms with Crippen molar-refractivity contribution in [1.82, 2.24) is 4.98 Å². The Morgan fingerprint density at radius 3 is 2.60 bits per heavy atom. The number of anilines is 1. The molecule has 1 heterocycles. The van der Waals surface area contributed by atoms with Gasteiger partial charge in [0.1, 0.15) is 11.2 Å². The van der Waals surface area contributed by atoms with Crippen LogP contribution in [-0.4, -0.2) is 17.7 Å². The average Bonchev–Trinajstić information content (AvgIpc) is 2.89. The monoisotopic (exact) mass is 286 g/mol. The number of nitrogens with one attached hydrogen (secondary N) is 1. The van der Waals surface area contributed by atoms with Crippen LogP contribution in [0.5, 0.6) is 0 Å². The molecule has 3 rings (SSSR count). The van der Waals surface area contributed by atoms with Gasteiger partial charge in [0, 0.05) is 17.8 Å². The summed E-state index contributed by atoms with van der Waals surface area (Å²) < 4.78 is 14.0. The van der Waals surface area contributed by atoms with Crippen LogP contribution in [0, 0.1) is 0 Å². The van der Waals surface area contributed by atoms with Gasteiger partial charge in [0.15, 0.2) is 0 Å². The normalized spacial score (nSPS) is 12.5. The Morgan fingerprint density at radius 2 is 1.90 bits per heavy atom. The van der Waals surface area contributed by atoms with Gasteiger partial charge in [-0.25, -0.2) is 9.37 Å². The first-order valence-electron chi connectivity index (χ1n) is 6.56. The van der Waals surface area contributed by atoms with Crippen LogP contribution in [0.1, 0.15) is 6.92 Å². The number of rotatable bonds is 4. The molecule has 0 aliphatic rings. The van der Waals surface area contributed by atoms with E-state index >= 15 is 0 Å². The summed E-state index contributed by atoms with van der Waals surface area (Å²) in [4.78, 5) is 4.62. The zero-order valence-corrected chi connectivity index (χ0v) is 12.0. The number of halogens is 1. The summed E-state index contributed by atoms with van der Waals surface area (Å²) in [6.45, 7) is 1.88. The van der Waals surface area contributed by atoms with Gasteiger partial charge in [-0.1, -0.05) is 12.1 Å². The van der Waals surface area contributed by atoms with Crippen molar-refractivity contribution >= 4 is 27.2 Å². The molecule has 3 aromatic rings. The molecule has 0 aliphatic carbocycles. The lowest BCUT2D eigenvalue weighted by Gasteiger charge is -2.07. The molecular formula is C16H15FN2S. The third kappa shape index (κ3) is 2.80. The van der Waals surface area contributed by atoms with E-state index in [9.17, 15) is 4.39 Å². The van der Waals surface area contributed by atoms with Crippen LogP contribution in [0.4, 0.5) is 10.1 Å². The summed E-state index contributed by atoms with van der Waals surface area (Å²) in [5.41, 5.74) is 3.05. The fourth-order valence-corrected chi connectivity index (χ4v) is 2.96. The molecule has 0 amide bonds. The third-order valence-corrected chi connectivity index (χ3v) is 4.10. The minimum atomic E-state index is -0.848. The largest absolute Gasteiger partial charge is 0.382 e. The van der Waals surface area contributed by atoms with Crippen LogP contribution in [0.2, 0.25) is 0 Å². The van der Waals surface area contributed by atoms with Crippen LogP contribution in [0.25, 0.3) is 20.8 Å². The summed E-state index contributed by atoms with van der Waals surface area (Å²) >= 11 is 1.68. The Morgan fingerprint density at radius 1 is 1.15 bits per heavy atom. The maximum absolute atomic E-state index is 12.8. The molecule has 20 heavy (non-hydrogen) atoms. The van der Waals surface area contributed by atoms with Gasteiger partial charge >= 0.3 is 0 Å². The number of thiazole rings is 1. The number of nitrogens with zero attached hydrogens (tertiary/aromatic N) is 1. The SMILES string of the molecule is CC(F)CNc1ccc(-c2nc3ccccc3s2)cc1. The van der Waals surface area contributed by atoms with Gasteiger partial charge in [0.05, 0.1) is 10.2 Å². The standard InChI is InChI=1S/C16H15FN2S/c1-11(17)10-18-13-8-6-12(7-9-13)16-19-14-4-2-3-5-15(14)20-16/h2-9,11,18H,10H2,1H3. The van der Waals surface area contributed by atoms with Crippen LogP contribution in [0.15, 0.2) is 48.5 Å². The lowest BCUT2D eigenvalue weighted by Crippen LogP contribution is -2.10. The van der Waals surface area contributed by atoms with E-state index in [0.29, 0.717) is 6.54 Å². The molecule has 1 aromatic heterocycles. The molecule has 2 aromatic carbocycles. The molecular weight excluding hydrogens is 271 g/mol. The summed E-state index contributed by atoms with van der Waals surface area (Å²) in [5.74, 6) is 0. The number of hydrogen-bond acceptors (Lipinski definition) is 3. The first-order chi connectivity index (χ1) is 9.72. The van der Waals surface area contributed by atoms with E-state index < -0.39 is 6.17 Å². The van der Waals surface area contributed by atoms with Crippen LogP contribution in [-0.2, 0) is 0 Å². The van der Waals surface area contributed by atoms with Crippen LogP contribution in [0.3, 0.4) is 0 Å². The second-order valence-electron chi connectivity index (χ2n) is 4.73. The molecule has 0 bridgehead atoms. The molecule has 1 N–H and O–H groups in total. The molecule has 0 aliphatic heterocycles. The van der Waals surface area contributed by atoms with Gasteiger partial charge < -0.3 is 5.32 Å². The van der Waals surface area contributed by atoms with Crippen molar-refractivity contribution in [3.63, 3.8) is 0 Å². The number of para-hydroxylation sites is 1. The molecule has 0 radical (unpaired) electrons. The molecule has 0 spiro atoms. The Labute approximate surface area is 121 Å². The topological polar surface area (TPSA) is 24.9 Å². The molecule has 4 heteroatoms. The number of alkyl halides is 1. The highest BCUT2D eigenvalue weighted by Gasteiger charge is 2.05. The fraction of sp³-hybridized carbons (Fsp3) is 0.188. The van der Waals surface area contributed by atoms with E-state index in [1.807, 2.05) is 42.5 Å². The van der Waals surface area contributed by atoms with Crippen molar-refractivity contribution in [1.29, 1.82) is 0 Å². The van der Waals surface area contributed by atoms with Gasteiger partial charge in [-0.2, -0.15) is 0 Å². The molecule has 0 saturated carbocycles. The second kappa shape index (κ2) is 5.59. The van der Waals surface area contributed by atoms with Crippen molar-refractivity contribution < 1.29 is 4.39 Å². The first-order valence-corrected chi connectivity index (χ1v) is 7.38. The fourth-order valence-electron chi connectivity index (χ4n) is 1.98. The highest BCUT2D eigenvalue weighted by atomic mass is 32.1. The lowest BCUT2D eigenvalue weighted by molar-refractivity contribution is 0.378. The minimum Gasteiger partial charge on any atom is -0.382 e. The summed E-state index contributed by atoms with van der Waals surface area (Å²) in [6, 6.07) is 16.1. The van der Waals surface area contributed by atoms with Crippen molar-refractivity contribution in [3.05, 3.63) is 48.5 Å². The minimum absolute atomic E-state index is 0.334. The smallest absolute Gasteiger partial charge is 0.124 e. The van der Waals surface area contributed by atoms with Gasteiger partial charge in [-0.15, -0.1) is 11.3 Å². The van der Waals surface area contributed by atoms with E-state index in [2.05, 4.69) is 16.4 Å². The Balaban J connectivity index is 1.83. The Hall–Kier alpha value is -1.94. The van der Waals surface area contributed by atoms with Crippen molar-refractivity contribution in [3.8, 4) is 10.6 Å². The first kappa shape index (κ1) is 13.1. The van der Waals surface area contributed by atoms with E-state index in [4.69, 9.17) is 0 Å². The summed E-state index contributed by atoms with van der Waals surface area (Å²) in [5, 5.41) is 4.07. The van der Waals surface area contributed by atoms with Crippen molar-refractivity contribution in [2.75, 3.05) is 11.9 Å². The second-order valence-corrected chi connectivity index (χ2v) is 5.76. The summed E-state index contributed by atoms with van der Waals surface area (Å²) in [7, 11) is 0. The number of fused-ring (bicyclic) bond motifs is 1. The van der Waals surface area contributed by atoms with E-state index in [1.165, 1.54) is 4.70 Å². The molecule has 1 unspecified atom stereocenters. The van der Waals surface area contributed by atoms with Crippen molar-refractivity contribution in [2.45, 2.75) is 13.1 Å². The molecule has 2 nitrogen and oxygen atoms in total. The number of hydrogen-bond donors (Lipinski definition) is 1. The van der Waals surface area contributed by atoms with Gasteiger partial charge in [0.25, 0.3) is 0 Å². The van der Waals surface area contributed by atoms with Crippen LogP contribution < -0.4 is 5.32 Å². The van der Waals surface area contributed by atoms with Crippen LogP contribution >= 0.6 is 11.3 Å². The quantitative estimate of drug-likeness (QED) is 0.749. The van der Waals surface area contributed by atoms with E-state index in [1.54, 1.807) is 18.3 Å². The Bertz CT molecular complexity index is 671. The molecule has 1 atom stereocenters. The average molecular weight is 286 g/mol. The number of aromatic nitrogens is 1. The van der Waals surface area contributed by atoms with Crippen molar-refractivity contribution in [2.24, 2.45) is 0 Å². The molecule has 102 valence electrons. The van der Waals surface area contributed by atoms with Gasteiger partial charge in [-0.3, -0.25) is 0 Å². The highest BCUT2D eigenvalue weighted by Crippen LogP contribution is 2.30. The third-order valence-electron chi connectivity index (χ3n) is 3.01. The number of benzene rings is 2. The zero-order valence-electron chi connectivity index (χ0n) is 11.1. The molecule has 0 fully saturated rings. The maximum Gasteiger partial charge on any atom is 0.124 e. The Kier molecular flexibility index (Phi) is 3.65.